The molecule has 1 aromatic carbocycles. The first-order valence-electron chi connectivity index (χ1n) is 8.68. The summed E-state index contributed by atoms with van der Waals surface area (Å²) in [5.41, 5.74) is 1.11. The van der Waals surface area contributed by atoms with E-state index in [4.69, 9.17) is 9.47 Å². The van der Waals surface area contributed by atoms with E-state index in [1.807, 2.05) is 18.2 Å². The average molecular weight is 333 g/mol. The van der Waals surface area contributed by atoms with E-state index in [-0.39, 0.29) is 11.9 Å². The summed E-state index contributed by atoms with van der Waals surface area (Å²) in [5.74, 6) is 2.23. The summed E-state index contributed by atoms with van der Waals surface area (Å²) < 4.78 is 10.7. The van der Waals surface area contributed by atoms with Gasteiger partial charge in [-0.1, -0.05) is 0 Å². The zero-order valence-electron chi connectivity index (χ0n) is 14.5. The number of carbonyl (C=O) groups excluding carboxylic acids is 1. The van der Waals surface area contributed by atoms with Crippen molar-refractivity contribution in [3.8, 4) is 11.5 Å². The van der Waals surface area contributed by atoms with E-state index in [1.54, 1.807) is 14.2 Å². The van der Waals surface area contributed by atoms with Crippen LogP contribution in [-0.2, 0) is 4.79 Å². The maximum atomic E-state index is 12.1. The predicted molar refractivity (Wildman–Crippen MR) is 93.9 cm³/mol. The Kier molecular flexibility index (Phi) is 5.45. The van der Waals surface area contributed by atoms with E-state index in [2.05, 4.69) is 15.5 Å². The number of amides is 1. The van der Waals surface area contributed by atoms with Crippen LogP contribution in [0.3, 0.4) is 0 Å². The van der Waals surface area contributed by atoms with Crippen molar-refractivity contribution >= 4 is 11.6 Å². The number of nitrogens with zero attached hydrogens (tertiary/aromatic N) is 1. The largest absolute Gasteiger partial charge is 0.497 e. The number of hydrogen-bond acceptors (Lipinski definition) is 5. The first-order chi connectivity index (χ1) is 11.7. The lowest BCUT2D eigenvalue weighted by atomic mass is 10.1. The van der Waals surface area contributed by atoms with Crippen LogP contribution in [0.25, 0.3) is 0 Å². The third kappa shape index (κ3) is 3.93. The standard InChI is InChI=1S/C18H27N3O3/c1-23-15-8-14(9-16(10-15)24-2)21-7-5-13(12-21)11-20-18(22)17-4-3-6-19-17/h8-10,13,17,19H,3-7,11-12H2,1-2H3,(H,20,22). The summed E-state index contributed by atoms with van der Waals surface area (Å²) in [6, 6.07) is 5.95. The van der Waals surface area contributed by atoms with Crippen LogP contribution in [0.15, 0.2) is 18.2 Å². The van der Waals surface area contributed by atoms with Crippen LogP contribution in [0.4, 0.5) is 5.69 Å². The second kappa shape index (κ2) is 7.75. The summed E-state index contributed by atoms with van der Waals surface area (Å²) in [5, 5.41) is 6.35. The van der Waals surface area contributed by atoms with Crippen LogP contribution in [-0.4, -0.2) is 52.3 Å². The van der Waals surface area contributed by atoms with Gasteiger partial charge in [0.25, 0.3) is 0 Å². The van der Waals surface area contributed by atoms with Crippen molar-refractivity contribution in [1.29, 1.82) is 0 Å². The summed E-state index contributed by atoms with van der Waals surface area (Å²) >= 11 is 0. The molecule has 2 saturated heterocycles. The molecule has 2 heterocycles. The molecule has 2 unspecified atom stereocenters. The molecule has 2 fully saturated rings. The monoisotopic (exact) mass is 333 g/mol. The molecular weight excluding hydrogens is 306 g/mol. The molecule has 0 radical (unpaired) electrons. The number of rotatable bonds is 6. The van der Waals surface area contributed by atoms with Crippen LogP contribution in [0.2, 0.25) is 0 Å². The van der Waals surface area contributed by atoms with Crippen LogP contribution in [0, 0.1) is 5.92 Å². The van der Waals surface area contributed by atoms with Crippen molar-refractivity contribution in [2.24, 2.45) is 5.92 Å². The maximum Gasteiger partial charge on any atom is 0.237 e. The number of benzene rings is 1. The van der Waals surface area contributed by atoms with E-state index in [9.17, 15) is 4.79 Å². The van der Waals surface area contributed by atoms with E-state index in [0.29, 0.717) is 5.92 Å². The highest BCUT2D eigenvalue weighted by molar-refractivity contribution is 5.82. The van der Waals surface area contributed by atoms with Gasteiger partial charge in [-0.2, -0.15) is 0 Å². The fourth-order valence-corrected chi connectivity index (χ4v) is 3.49. The Morgan fingerprint density at radius 2 is 2.00 bits per heavy atom. The third-order valence-corrected chi connectivity index (χ3v) is 4.93. The molecule has 6 heteroatoms. The Labute approximate surface area is 143 Å². The second-order valence-electron chi connectivity index (χ2n) is 6.57. The van der Waals surface area contributed by atoms with Crippen LogP contribution in [0.5, 0.6) is 11.5 Å². The number of hydrogen-bond donors (Lipinski definition) is 2. The van der Waals surface area contributed by atoms with Gasteiger partial charge in [0.1, 0.15) is 11.5 Å². The summed E-state index contributed by atoms with van der Waals surface area (Å²) in [6.07, 6.45) is 3.12. The molecule has 3 rings (SSSR count). The summed E-state index contributed by atoms with van der Waals surface area (Å²) in [4.78, 5) is 14.4. The Morgan fingerprint density at radius 1 is 1.25 bits per heavy atom. The highest BCUT2D eigenvalue weighted by Crippen LogP contribution is 2.31. The topological polar surface area (TPSA) is 62.8 Å². The first kappa shape index (κ1) is 16.9. The minimum absolute atomic E-state index is 0.00477. The van der Waals surface area contributed by atoms with Gasteiger partial charge in [-0.15, -0.1) is 0 Å². The number of carbonyl (C=O) groups is 1. The van der Waals surface area contributed by atoms with Crippen LogP contribution >= 0.6 is 0 Å². The minimum Gasteiger partial charge on any atom is -0.497 e. The fraction of sp³-hybridized carbons (Fsp3) is 0.611. The van der Waals surface area contributed by atoms with E-state index in [0.717, 1.165) is 62.6 Å². The van der Waals surface area contributed by atoms with Gasteiger partial charge in [-0.05, 0) is 31.7 Å². The van der Waals surface area contributed by atoms with Crippen LogP contribution in [0.1, 0.15) is 19.3 Å². The van der Waals surface area contributed by atoms with Gasteiger partial charge < -0.3 is 25.0 Å². The molecule has 0 saturated carbocycles. The van der Waals surface area contributed by atoms with Crippen LogP contribution < -0.4 is 25.0 Å². The third-order valence-electron chi connectivity index (χ3n) is 4.93. The van der Waals surface area contributed by atoms with Crippen molar-refractivity contribution < 1.29 is 14.3 Å². The molecular formula is C18H27N3O3. The molecule has 132 valence electrons. The average Bonchev–Trinajstić information content (AvgIpc) is 3.30. The van der Waals surface area contributed by atoms with Gasteiger partial charge in [0.05, 0.1) is 20.3 Å². The Bertz CT molecular complexity index is 550. The molecule has 6 nitrogen and oxygen atoms in total. The van der Waals surface area contributed by atoms with Gasteiger partial charge in [-0.25, -0.2) is 0 Å². The Morgan fingerprint density at radius 3 is 2.62 bits per heavy atom. The molecule has 2 aliphatic heterocycles. The smallest absolute Gasteiger partial charge is 0.237 e. The van der Waals surface area contributed by atoms with Crippen molar-refractivity contribution in [1.82, 2.24) is 10.6 Å². The van der Waals surface area contributed by atoms with E-state index in [1.165, 1.54) is 0 Å². The van der Waals surface area contributed by atoms with Gasteiger partial charge in [0.2, 0.25) is 5.91 Å². The van der Waals surface area contributed by atoms with Gasteiger partial charge in [-0.3, -0.25) is 4.79 Å². The number of ether oxygens (including phenoxy) is 2. The second-order valence-corrected chi connectivity index (χ2v) is 6.57. The molecule has 1 aromatic rings. The van der Waals surface area contributed by atoms with Gasteiger partial charge in [0.15, 0.2) is 0 Å². The first-order valence-corrected chi connectivity index (χ1v) is 8.68. The molecule has 0 spiro atoms. The lowest BCUT2D eigenvalue weighted by Gasteiger charge is -2.21. The van der Waals surface area contributed by atoms with Crippen molar-refractivity contribution in [2.75, 3.05) is 45.3 Å². The quantitative estimate of drug-likeness (QED) is 0.824. The fourth-order valence-electron chi connectivity index (χ4n) is 3.49. The molecule has 1 amide bonds. The van der Waals surface area contributed by atoms with E-state index < -0.39 is 0 Å². The van der Waals surface area contributed by atoms with Gasteiger partial charge >= 0.3 is 0 Å². The van der Waals surface area contributed by atoms with Crippen molar-refractivity contribution in [3.63, 3.8) is 0 Å². The SMILES string of the molecule is COc1cc(OC)cc(N2CCC(CNC(=O)C3CCCN3)C2)c1. The summed E-state index contributed by atoms with van der Waals surface area (Å²) in [7, 11) is 3.33. The lowest BCUT2D eigenvalue weighted by molar-refractivity contribution is -0.122. The Balaban J connectivity index is 1.54. The van der Waals surface area contributed by atoms with E-state index >= 15 is 0 Å². The molecule has 2 atom stereocenters. The zero-order chi connectivity index (χ0) is 16.9. The molecule has 0 bridgehead atoms. The lowest BCUT2D eigenvalue weighted by Crippen LogP contribution is -2.42. The number of methoxy groups -OCH3 is 2. The normalized spacial score (nSPS) is 23.3. The minimum atomic E-state index is 0.00477. The zero-order valence-corrected chi connectivity index (χ0v) is 14.5. The highest BCUT2D eigenvalue weighted by atomic mass is 16.5. The number of anilines is 1. The molecule has 0 aromatic heterocycles. The molecule has 2 N–H and O–H groups in total. The molecule has 24 heavy (non-hydrogen) atoms. The number of nitrogens with one attached hydrogen (secondary N) is 2. The van der Waals surface area contributed by atoms with Gasteiger partial charge in [0, 0.05) is 43.5 Å². The predicted octanol–water partition coefficient (Wildman–Crippen LogP) is 1.40. The van der Waals surface area contributed by atoms with Crippen molar-refractivity contribution in [3.05, 3.63) is 18.2 Å². The molecule has 0 aliphatic carbocycles. The summed E-state index contributed by atoms with van der Waals surface area (Å²) in [6.45, 7) is 3.62. The maximum absolute atomic E-state index is 12.1. The molecule has 2 aliphatic rings. The highest BCUT2D eigenvalue weighted by Gasteiger charge is 2.26. The Hall–Kier alpha value is -1.95. The van der Waals surface area contributed by atoms with Crippen molar-refractivity contribution in [2.45, 2.75) is 25.3 Å².